The molecule has 0 saturated heterocycles. The van der Waals surface area contributed by atoms with Gasteiger partial charge in [-0.3, -0.25) is 0 Å². The summed E-state index contributed by atoms with van der Waals surface area (Å²) in [6.45, 7) is 2.19. The zero-order chi connectivity index (χ0) is 13.2. The lowest BCUT2D eigenvalue weighted by Gasteiger charge is -2.02. The molecule has 8 heteroatoms. The summed E-state index contributed by atoms with van der Waals surface area (Å²) in [5.74, 6) is 0.765. The van der Waals surface area contributed by atoms with Gasteiger partial charge in [-0.25, -0.2) is 18.1 Å². The van der Waals surface area contributed by atoms with Crippen LogP contribution in [0.15, 0.2) is 26.5 Å². The van der Waals surface area contributed by atoms with E-state index in [9.17, 15) is 8.42 Å². The zero-order valence-electron chi connectivity index (χ0n) is 9.60. The minimum atomic E-state index is -3.42. The van der Waals surface area contributed by atoms with Gasteiger partial charge >= 0.3 is 0 Å². The monoisotopic (exact) mass is 349 g/mol. The quantitative estimate of drug-likeness (QED) is 0.867. The lowest BCUT2D eigenvalue weighted by molar-refractivity contribution is 0.583. The second-order valence-electron chi connectivity index (χ2n) is 3.71. The number of thiophene rings is 1. The third-order valence-electron chi connectivity index (χ3n) is 2.31. The van der Waals surface area contributed by atoms with Crippen LogP contribution in [0.1, 0.15) is 11.4 Å². The zero-order valence-corrected chi connectivity index (χ0v) is 12.8. The molecule has 5 nitrogen and oxygen atoms in total. The molecule has 2 heterocycles. The molecular formula is C10H12BrN3O2S2. The molecule has 0 atom stereocenters. The van der Waals surface area contributed by atoms with Crippen LogP contribution in [-0.4, -0.2) is 24.9 Å². The van der Waals surface area contributed by atoms with Gasteiger partial charge in [0.15, 0.2) is 0 Å². The van der Waals surface area contributed by atoms with E-state index in [0.717, 1.165) is 15.2 Å². The fourth-order valence-electron chi connectivity index (χ4n) is 1.37. The number of aromatic nitrogens is 2. The van der Waals surface area contributed by atoms with Crippen molar-refractivity contribution in [3.05, 3.63) is 33.6 Å². The Morgan fingerprint density at radius 2 is 2.33 bits per heavy atom. The van der Waals surface area contributed by atoms with E-state index in [-0.39, 0.29) is 0 Å². The van der Waals surface area contributed by atoms with Gasteiger partial charge in [-0.1, -0.05) is 0 Å². The minimum absolute atomic E-state index is 0.324. The van der Waals surface area contributed by atoms with Crippen LogP contribution in [-0.2, 0) is 16.4 Å². The minimum Gasteiger partial charge on any atom is -0.349 e. The molecule has 2 N–H and O–H groups in total. The first-order chi connectivity index (χ1) is 8.49. The second kappa shape index (κ2) is 5.52. The van der Waals surface area contributed by atoms with Crippen LogP contribution in [0.3, 0.4) is 0 Å². The van der Waals surface area contributed by atoms with Gasteiger partial charge in [-0.2, -0.15) is 0 Å². The number of nitrogens with zero attached hydrogens (tertiary/aromatic N) is 1. The standard InChI is InChI=1S/C10H12BrN3O2S2/c1-7-6-9(17-10(7)11)18(15,16)14-3-2-8-12-4-5-13-8/h4-6,14H,2-3H2,1H3,(H,12,13). The van der Waals surface area contributed by atoms with E-state index in [1.54, 1.807) is 18.5 Å². The summed E-state index contributed by atoms with van der Waals surface area (Å²) in [5.41, 5.74) is 0.923. The van der Waals surface area contributed by atoms with Crippen molar-refractivity contribution in [2.24, 2.45) is 0 Å². The molecule has 0 aliphatic heterocycles. The number of aryl methyl sites for hydroxylation is 1. The van der Waals surface area contributed by atoms with Gasteiger partial charge in [0.05, 0.1) is 3.79 Å². The number of aromatic amines is 1. The van der Waals surface area contributed by atoms with Crippen LogP contribution in [0, 0.1) is 6.92 Å². The smallest absolute Gasteiger partial charge is 0.250 e. The number of H-pyrrole nitrogens is 1. The van der Waals surface area contributed by atoms with Crippen LogP contribution in [0.5, 0.6) is 0 Å². The molecule has 2 aromatic rings. The summed E-state index contributed by atoms with van der Waals surface area (Å²) < 4.78 is 27.7. The van der Waals surface area contributed by atoms with Crippen LogP contribution in [0.2, 0.25) is 0 Å². The highest BCUT2D eigenvalue weighted by Gasteiger charge is 2.17. The lowest BCUT2D eigenvalue weighted by Crippen LogP contribution is -2.25. The predicted molar refractivity (Wildman–Crippen MR) is 74.2 cm³/mol. The number of halogens is 1. The first-order valence-corrected chi connectivity index (χ1v) is 8.32. The maximum absolute atomic E-state index is 12.0. The SMILES string of the molecule is Cc1cc(S(=O)(=O)NCCc2ncc[nH]2)sc1Br. The lowest BCUT2D eigenvalue weighted by atomic mass is 10.4. The van der Waals surface area contributed by atoms with Crippen molar-refractivity contribution in [1.82, 2.24) is 14.7 Å². The summed E-state index contributed by atoms with van der Waals surface area (Å²) in [7, 11) is -3.42. The summed E-state index contributed by atoms with van der Waals surface area (Å²) in [4.78, 5) is 6.96. The normalized spacial score (nSPS) is 11.9. The van der Waals surface area contributed by atoms with Crippen molar-refractivity contribution < 1.29 is 8.42 Å². The van der Waals surface area contributed by atoms with Gasteiger partial charge in [-0.15, -0.1) is 11.3 Å². The summed E-state index contributed by atoms with van der Waals surface area (Å²) in [5, 5.41) is 0. The number of nitrogens with one attached hydrogen (secondary N) is 2. The maximum Gasteiger partial charge on any atom is 0.250 e. The van der Waals surface area contributed by atoms with Crippen molar-refractivity contribution in [1.29, 1.82) is 0 Å². The number of sulfonamides is 1. The third kappa shape index (κ3) is 3.19. The summed E-state index contributed by atoms with van der Waals surface area (Å²) in [6.07, 6.45) is 3.89. The molecule has 2 rings (SSSR count). The fraction of sp³-hybridized carbons (Fsp3) is 0.300. The fourth-order valence-corrected chi connectivity index (χ4v) is 4.68. The van der Waals surface area contributed by atoms with Crippen molar-refractivity contribution in [3.8, 4) is 0 Å². The molecule has 0 unspecified atom stereocenters. The first-order valence-electron chi connectivity index (χ1n) is 5.23. The molecule has 98 valence electrons. The molecule has 2 aromatic heterocycles. The average Bonchev–Trinajstić information content (AvgIpc) is 2.90. The van der Waals surface area contributed by atoms with Crippen molar-refractivity contribution in [2.45, 2.75) is 17.6 Å². The molecule has 0 aliphatic carbocycles. The van der Waals surface area contributed by atoms with E-state index in [4.69, 9.17) is 0 Å². The molecule has 0 fully saturated rings. The van der Waals surface area contributed by atoms with Crippen LogP contribution >= 0.6 is 27.3 Å². The first kappa shape index (κ1) is 13.7. The molecule has 0 amide bonds. The molecule has 0 saturated carbocycles. The molecule has 0 spiro atoms. The molecule has 0 radical (unpaired) electrons. The highest BCUT2D eigenvalue weighted by atomic mass is 79.9. The van der Waals surface area contributed by atoms with E-state index in [1.165, 1.54) is 11.3 Å². The maximum atomic E-state index is 12.0. The van der Waals surface area contributed by atoms with Gasteiger partial charge in [-0.05, 0) is 34.5 Å². The van der Waals surface area contributed by atoms with Crippen LogP contribution < -0.4 is 4.72 Å². The Morgan fingerprint density at radius 3 is 2.89 bits per heavy atom. The Hall–Kier alpha value is -0.700. The van der Waals surface area contributed by atoms with Crippen LogP contribution in [0.25, 0.3) is 0 Å². The van der Waals surface area contributed by atoms with Gasteiger partial charge in [0.2, 0.25) is 10.0 Å². The highest BCUT2D eigenvalue weighted by molar-refractivity contribution is 9.11. The highest BCUT2D eigenvalue weighted by Crippen LogP contribution is 2.30. The molecule has 0 aromatic carbocycles. The van der Waals surface area contributed by atoms with E-state index < -0.39 is 10.0 Å². The number of hydrogen-bond acceptors (Lipinski definition) is 4. The molecule has 0 aliphatic rings. The second-order valence-corrected chi connectivity index (χ2v) is 8.07. The largest absolute Gasteiger partial charge is 0.349 e. The topological polar surface area (TPSA) is 74.8 Å². The Balaban J connectivity index is 1.99. The Labute approximate surface area is 118 Å². The molecular weight excluding hydrogens is 338 g/mol. The Bertz CT molecular complexity index is 600. The number of rotatable bonds is 5. The molecule has 0 bridgehead atoms. The van der Waals surface area contributed by atoms with E-state index >= 15 is 0 Å². The van der Waals surface area contributed by atoms with Crippen molar-refractivity contribution in [2.75, 3.05) is 6.54 Å². The number of hydrogen-bond donors (Lipinski definition) is 2. The van der Waals surface area contributed by atoms with E-state index in [1.807, 2.05) is 6.92 Å². The molecule has 18 heavy (non-hydrogen) atoms. The van der Waals surface area contributed by atoms with Crippen LogP contribution in [0.4, 0.5) is 0 Å². The average molecular weight is 350 g/mol. The predicted octanol–water partition coefficient (Wildman–Crippen LogP) is 2.06. The van der Waals surface area contributed by atoms with E-state index in [0.29, 0.717) is 17.2 Å². The Kier molecular flexibility index (Phi) is 4.21. The summed E-state index contributed by atoms with van der Waals surface area (Å²) >= 11 is 4.53. The van der Waals surface area contributed by atoms with E-state index in [2.05, 4.69) is 30.6 Å². The van der Waals surface area contributed by atoms with Gasteiger partial charge in [0.25, 0.3) is 0 Å². The van der Waals surface area contributed by atoms with Crippen molar-refractivity contribution in [3.63, 3.8) is 0 Å². The van der Waals surface area contributed by atoms with Gasteiger partial charge in [0.1, 0.15) is 10.0 Å². The third-order valence-corrected chi connectivity index (χ3v) is 6.38. The number of imidazole rings is 1. The van der Waals surface area contributed by atoms with Gasteiger partial charge < -0.3 is 4.98 Å². The Morgan fingerprint density at radius 1 is 1.56 bits per heavy atom. The van der Waals surface area contributed by atoms with Gasteiger partial charge in [0, 0.05) is 25.4 Å². The van der Waals surface area contributed by atoms with Crippen molar-refractivity contribution >= 4 is 37.3 Å². The summed E-state index contributed by atoms with van der Waals surface area (Å²) in [6, 6.07) is 1.66.